The van der Waals surface area contributed by atoms with E-state index in [-0.39, 0.29) is 18.4 Å². The third kappa shape index (κ3) is 5.71. The molecule has 0 bridgehead atoms. The molecule has 3 aromatic rings. The van der Waals surface area contributed by atoms with Crippen molar-refractivity contribution in [2.75, 3.05) is 18.9 Å². The Kier molecular flexibility index (Phi) is 6.99. The summed E-state index contributed by atoms with van der Waals surface area (Å²) < 4.78 is 35.5. The number of benzene rings is 1. The molecule has 7 nitrogen and oxygen atoms in total. The van der Waals surface area contributed by atoms with Gasteiger partial charge < -0.3 is 4.74 Å². The van der Waals surface area contributed by atoms with Crippen LogP contribution in [0.15, 0.2) is 67.1 Å². The molecule has 0 amide bonds. The number of rotatable bonds is 10. The Hall–Kier alpha value is -2.71. The van der Waals surface area contributed by atoms with Gasteiger partial charge in [0.2, 0.25) is 10.0 Å². The van der Waals surface area contributed by atoms with E-state index in [0.29, 0.717) is 18.8 Å². The van der Waals surface area contributed by atoms with Gasteiger partial charge in [0.15, 0.2) is 0 Å². The normalized spacial score (nSPS) is 14.9. The minimum atomic E-state index is -3.43. The molecule has 164 valence electrons. The zero-order chi connectivity index (χ0) is 21.5. The molecule has 0 aliphatic heterocycles. The zero-order valence-electron chi connectivity index (χ0n) is 17.5. The third-order valence-electron chi connectivity index (χ3n) is 5.61. The largest absolute Gasteiger partial charge is 0.492 e. The van der Waals surface area contributed by atoms with Crippen molar-refractivity contribution in [2.45, 2.75) is 38.3 Å². The second kappa shape index (κ2) is 10.1. The Morgan fingerprint density at radius 3 is 2.52 bits per heavy atom. The van der Waals surface area contributed by atoms with Gasteiger partial charge in [-0.15, -0.1) is 0 Å². The first-order valence-electron chi connectivity index (χ1n) is 10.7. The second-order valence-electron chi connectivity index (χ2n) is 7.73. The molecule has 8 heteroatoms. The maximum atomic E-state index is 13.2. The van der Waals surface area contributed by atoms with Crippen LogP contribution in [0.5, 0.6) is 5.75 Å². The van der Waals surface area contributed by atoms with Crippen molar-refractivity contribution >= 4 is 10.0 Å². The highest BCUT2D eigenvalue weighted by atomic mass is 32.2. The maximum Gasteiger partial charge on any atom is 0.217 e. The Balaban J connectivity index is 1.40. The van der Waals surface area contributed by atoms with Crippen molar-refractivity contribution in [1.82, 2.24) is 19.1 Å². The first-order chi connectivity index (χ1) is 15.1. The lowest BCUT2D eigenvalue weighted by molar-refractivity contribution is 0.296. The zero-order valence-corrected chi connectivity index (χ0v) is 18.3. The molecule has 0 atom stereocenters. The molecule has 2 heterocycles. The molecule has 0 radical (unpaired) electrons. The van der Waals surface area contributed by atoms with Gasteiger partial charge in [0.1, 0.15) is 12.4 Å². The van der Waals surface area contributed by atoms with Gasteiger partial charge in [-0.3, -0.25) is 9.67 Å². The molecule has 0 saturated heterocycles. The van der Waals surface area contributed by atoms with Crippen LogP contribution in [0.3, 0.4) is 0 Å². The van der Waals surface area contributed by atoms with E-state index in [1.54, 1.807) is 16.7 Å². The number of hydrogen-bond donors (Lipinski definition) is 0. The van der Waals surface area contributed by atoms with Crippen molar-refractivity contribution in [3.8, 4) is 17.0 Å². The molecule has 1 saturated carbocycles. The van der Waals surface area contributed by atoms with Crippen molar-refractivity contribution in [2.24, 2.45) is 0 Å². The van der Waals surface area contributed by atoms with E-state index < -0.39 is 10.0 Å². The number of nitrogens with zero attached hydrogens (tertiary/aromatic N) is 4. The van der Waals surface area contributed by atoms with E-state index in [1.165, 1.54) is 0 Å². The van der Waals surface area contributed by atoms with Gasteiger partial charge in [0.05, 0.1) is 18.0 Å². The Morgan fingerprint density at radius 1 is 1.03 bits per heavy atom. The lowest BCUT2D eigenvalue weighted by Gasteiger charge is -2.28. The van der Waals surface area contributed by atoms with Gasteiger partial charge in [0.25, 0.3) is 0 Å². The fourth-order valence-corrected chi connectivity index (χ4v) is 5.56. The fourth-order valence-electron chi connectivity index (χ4n) is 4.00. The smallest absolute Gasteiger partial charge is 0.217 e. The number of sulfonamides is 1. The molecule has 0 N–H and O–H groups in total. The predicted molar refractivity (Wildman–Crippen MR) is 120 cm³/mol. The summed E-state index contributed by atoms with van der Waals surface area (Å²) in [5.41, 5.74) is 1.85. The highest BCUT2D eigenvalue weighted by Gasteiger charge is 2.31. The Labute approximate surface area is 183 Å². The molecule has 0 unspecified atom stereocenters. The van der Waals surface area contributed by atoms with Gasteiger partial charge >= 0.3 is 0 Å². The molecule has 1 aromatic carbocycles. The van der Waals surface area contributed by atoms with Crippen LogP contribution in [0.1, 0.15) is 25.7 Å². The number of aromatic nitrogens is 3. The average Bonchev–Trinajstić information content (AvgIpc) is 3.48. The number of pyridine rings is 1. The van der Waals surface area contributed by atoms with Crippen molar-refractivity contribution in [3.05, 3.63) is 67.1 Å². The SMILES string of the molecule is O=S(=O)(CCOc1ccccc1)N(CCn1ccc(-c2ccncc2)n1)C1CCCC1. The summed E-state index contributed by atoms with van der Waals surface area (Å²) in [6.45, 7) is 1.07. The van der Waals surface area contributed by atoms with Crippen LogP contribution < -0.4 is 4.74 Å². The van der Waals surface area contributed by atoms with Crippen LogP contribution in [0.25, 0.3) is 11.3 Å². The maximum absolute atomic E-state index is 13.2. The average molecular weight is 441 g/mol. The Morgan fingerprint density at radius 2 is 1.77 bits per heavy atom. The molecule has 1 aliphatic carbocycles. The van der Waals surface area contributed by atoms with Gasteiger partial charge in [-0.1, -0.05) is 31.0 Å². The molecule has 1 fully saturated rings. The number of hydrogen-bond acceptors (Lipinski definition) is 5. The summed E-state index contributed by atoms with van der Waals surface area (Å²) in [7, 11) is -3.43. The second-order valence-corrected chi connectivity index (χ2v) is 9.77. The summed E-state index contributed by atoms with van der Waals surface area (Å²) >= 11 is 0. The van der Waals surface area contributed by atoms with E-state index in [9.17, 15) is 8.42 Å². The van der Waals surface area contributed by atoms with E-state index in [4.69, 9.17) is 4.74 Å². The van der Waals surface area contributed by atoms with Crippen LogP contribution in [-0.4, -0.2) is 52.4 Å². The molecular weight excluding hydrogens is 412 g/mol. The van der Waals surface area contributed by atoms with Crippen LogP contribution >= 0.6 is 0 Å². The van der Waals surface area contributed by atoms with Crippen LogP contribution in [-0.2, 0) is 16.6 Å². The molecule has 4 rings (SSSR count). The molecule has 31 heavy (non-hydrogen) atoms. The highest BCUT2D eigenvalue weighted by Crippen LogP contribution is 2.26. The fraction of sp³-hybridized carbons (Fsp3) is 0.391. The van der Waals surface area contributed by atoms with Crippen LogP contribution in [0.4, 0.5) is 0 Å². The summed E-state index contributed by atoms with van der Waals surface area (Å²) in [6.07, 6.45) is 9.35. The molecule has 2 aromatic heterocycles. The first-order valence-corrected chi connectivity index (χ1v) is 12.3. The lowest BCUT2D eigenvalue weighted by Crippen LogP contribution is -2.43. The summed E-state index contributed by atoms with van der Waals surface area (Å²) in [6, 6.07) is 15.1. The van der Waals surface area contributed by atoms with Crippen molar-refractivity contribution in [1.29, 1.82) is 0 Å². The predicted octanol–water partition coefficient (Wildman–Crippen LogP) is 3.60. The number of ether oxygens (including phenoxy) is 1. The monoisotopic (exact) mass is 440 g/mol. The lowest BCUT2D eigenvalue weighted by atomic mass is 10.2. The van der Waals surface area contributed by atoms with Gasteiger partial charge in [-0.25, -0.2) is 8.42 Å². The van der Waals surface area contributed by atoms with E-state index >= 15 is 0 Å². The quantitative estimate of drug-likeness (QED) is 0.481. The van der Waals surface area contributed by atoms with Gasteiger partial charge in [-0.2, -0.15) is 9.40 Å². The van der Waals surface area contributed by atoms with Gasteiger partial charge in [0, 0.05) is 36.7 Å². The first kappa shape index (κ1) is 21.5. The highest BCUT2D eigenvalue weighted by molar-refractivity contribution is 7.89. The van der Waals surface area contributed by atoms with Crippen LogP contribution in [0, 0.1) is 0 Å². The van der Waals surface area contributed by atoms with Crippen molar-refractivity contribution < 1.29 is 13.2 Å². The topological polar surface area (TPSA) is 77.3 Å². The molecular formula is C23H28N4O3S. The molecule has 0 spiro atoms. The van der Waals surface area contributed by atoms with E-state index in [0.717, 1.165) is 36.9 Å². The summed E-state index contributed by atoms with van der Waals surface area (Å²) in [5.74, 6) is 0.657. The summed E-state index contributed by atoms with van der Waals surface area (Å²) in [5, 5.41) is 4.61. The number of para-hydroxylation sites is 1. The van der Waals surface area contributed by atoms with E-state index in [1.807, 2.05) is 59.4 Å². The third-order valence-corrected chi connectivity index (χ3v) is 7.49. The van der Waals surface area contributed by atoms with Gasteiger partial charge in [-0.05, 0) is 43.2 Å². The van der Waals surface area contributed by atoms with Crippen LogP contribution in [0.2, 0.25) is 0 Å². The summed E-state index contributed by atoms with van der Waals surface area (Å²) in [4.78, 5) is 4.03. The molecule has 1 aliphatic rings. The van der Waals surface area contributed by atoms with Crippen molar-refractivity contribution in [3.63, 3.8) is 0 Å². The minimum Gasteiger partial charge on any atom is -0.492 e. The minimum absolute atomic E-state index is 0.0280. The standard InChI is InChI=1S/C23H28N4O3S/c28-31(29,19-18-30-22-8-2-1-3-9-22)27(21-6-4-5-7-21)17-16-26-15-12-23(25-26)20-10-13-24-14-11-20/h1-3,8-15,21H,4-7,16-19H2. The Bertz CT molecular complexity index is 1050. The van der Waals surface area contributed by atoms with E-state index in [2.05, 4.69) is 10.1 Å².